The van der Waals surface area contributed by atoms with Gasteiger partial charge >= 0.3 is 6.03 Å². The number of hydrogen-bond donors (Lipinski definition) is 3. The van der Waals surface area contributed by atoms with Crippen molar-refractivity contribution < 1.29 is 9.90 Å². The first-order valence-corrected chi connectivity index (χ1v) is 5.98. The first kappa shape index (κ1) is 14.4. The van der Waals surface area contributed by atoms with Crippen LogP contribution in [-0.2, 0) is 6.42 Å². The number of anilines is 1. The standard InChI is InChI=1S/C12H20N4O2/c1-4-10-13-7-9(8-14-10)15-11(18)16-12(2,3)5-6-17/h7-8,17H,4-6H2,1-3H3,(H2,15,16,18). The first-order valence-electron chi connectivity index (χ1n) is 5.98. The van der Waals surface area contributed by atoms with Gasteiger partial charge in [-0.05, 0) is 20.3 Å². The van der Waals surface area contributed by atoms with Crippen LogP contribution in [0.5, 0.6) is 0 Å². The second-order valence-corrected chi connectivity index (χ2v) is 4.68. The van der Waals surface area contributed by atoms with Crippen molar-refractivity contribution in [1.29, 1.82) is 0 Å². The van der Waals surface area contributed by atoms with Crippen LogP contribution < -0.4 is 10.6 Å². The molecule has 1 aromatic heterocycles. The molecule has 0 aromatic carbocycles. The van der Waals surface area contributed by atoms with E-state index >= 15 is 0 Å². The third kappa shape index (κ3) is 4.67. The molecule has 0 saturated heterocycles. The molecule has 0 saturated carbocycles. The number of nitrogens with zero attached hydrogens (tertiary/aromatic N) is 2. The van der Waals surface area contributed by atoms with E-state index in [-0.39, 0.29) is 12.6 Å². The Balaban J connectivity index is 2.53. The van der Waals surface area contributed by atoms with Crippen LogP contribution in [0.15, 0.2) is 12.4 Å². The van der Waals surface area contributed by atoms with E-state index in [1.807, 2.05) is 20.8 Å². The largest absolute Gasteiger partial charge is 0.396 e. The zero-order valence-electron chi connectivity index (χ0n) is 11.0. The summed E-state index contributed by atoms with van der Waals surface area (Å²) < 4.78 is 0. The van der Waals surface area contributed by atoms with Gasteiger partial charge in [-0.25, -0.2) is 14.8 Å². The highest BCUT2D eigenvalue weighted by Gasteiger charge is 2.19. The molecule has 6 nitrogen and oxygen atoms in total. The summed E-state index contributed by atoms with van der Waals surface area (Å²) in [6, 6.07) is -0.332. The molecule has 1 heterocycles. The molecular weight excluding hydrogens is 232 g/mol. The molecule has 100 valence electrons. The first-order chi connectivity index (χ1) is 8.46. The quantitative estimate of drug-likeness (QED) is 0.737. The molecule has 0 radical (unpaired) electrons. The van der Waals surface area contributed by atoms with Gasteiger partial charge in [0.25, 0.3) is 0 Å². The van der Waals surface area contributed by atoms with Crippen molar-refractivity contribution in [2.24, 2.45) is 0 Å². The lowest BCUT2D eigenvalue weighted by molar-refractivity contribution is 0.218. The SMILES string of the molecule is CCc1ncc(NC(=O)NC(C)(C)CCO)cn1. The van der Waals surface area contributed by atoms with Crippen LogP contribution in [0.2, 0.25) is 0 Å². The van der Waals surface area contributed by atoms with E-state index in [1.165, 1.54) is 0 Å². The van der Waals surface area contributed by atoms with Gasteiger partial charge in [0.2, 0.25) is 0 Å². The zero-order chi connectivity index (χ0) is 13.6. The van der Waals surface area contributed by atoms with Gasteiger partial charge in [-0.2, -0.15) is 0 Å². The number of aryl methyl sites for hydroxylation is 1. The molecule has 6 heteroatoms. The van der Waals surface area contributed by atoms with Gasteiger partial charge in [-0.3, -0.25) is 0 Å². The summed E-state index contributed by atoms with van der Waals surface area (Å²) in [4.78, 5) is 19.9. The number of rotatable bonds is 5. The maximum absolute atomic E-state index is 11.7. The Morgan fingerprint density at radius 3 is 2.50 bits per heavy atom. The van der Waals surface area contributed by atoms with Crippen molar-refractivity contribution in [3.05, 3.63) is 18.2 Å². The molecule has 0 fully saturated rings. The maximum Gasteiger partial charge on any atom is 0.319 e. The van der Waals surface area contributed by atoms with Crippen LogP contribution in [0.1, 0.15) is 33.0 Å². The number of aromatic nitrogens is 2. The molecule has 18 heavy (non-hydrogen) atoms. The predicted molar refractivity (Wildman–Crippen MR) is 69.3 cm³/mol. The zero-order valence-corrected chi connectivity index (χ0v) is 11.0. The lowest BCUT2D eigenvalue weighted by atomic mass is 10.0. The summed E-state index contributed by atoms with van der Waals surface area (Å²) in [5.74, 6) is 0.738. The fraction of sp³-hybridized carbons (Fsp3) is 0.583. The Hall–Kier alpha value is -1.69. The number of amides is 2. The number of urea groups is 1. The fourth-order valence-corrected chi connectivity index (χ4v) is 1.41. The Kier molecular flexibility index (Phi) is 5.03. The molecule has 0 aliphatic rings. The molecule has 3 N–H and O–H groups in total. The van der Waals surface area contributed by atoms with Gasteiger partial charge in [-0.1, -0.05) is 6.92 Å². The molecule has 0 atom stereocenters. The van der Waals surface area contributed by atoms with E-state index in [1.54, 1.807) is 12.4 Å². The fourth-order valence-electron chi connectivity index (χ4n) is 1.41. The van der Waals surface area contributed by atoms with Gasteiger partial charge in [0.1, 0.15) is 5.82 Å². The number of hydrogen-bond acceptors (Lipinski definition) is 4. The molecule has 0 aliphatic carbocycles. The van der Waals surface area contributed by atoms with Gasteiger partial charge in [0, 0.05) is 18.6 Å². The average molecular weight is 252 g/mol. The van der Waals surface area contributed by atoms with E-state index in [9.17, 15) is 4.79 Å². The van der Waals surface area contributed by atoms with Crippen LogP contribution >= 0.6 is 0 Å². The summed E-state index contributed by atoms with van der Waals surface area (Å²) in [6.07, 6.45) is 4.40. The van der Waals surface area contributed by atoms with E-state index in [0.29, 0.717) is 12.1 Å². The minimum Gasteiger partial charge on any atom is -0.396 e. The number of carbonyl (C=O) groups excluding carboxylic acids is 1. The van der Waals surface area contributed by atoms with E-state index in [2.05, 4.69) is 20.6 Å². The molecule has 1 aromatic rings. The monoisotopic (exact) mass is 252 g/mol. The summed E-state index contributed by atoms with van der Waals surface area (Å²) in [7, 11) is 0. The van der Waals surface area contributed by atoms with Crippen molar-refractivity contribution in [2.45, 2.75) is 39.2 Å². The van der Waals surface area contributed by atoms with Crippen molar-refractivity contribution in [3.63, 3.8) is 0 Å². The van der Waals surface area contributed by atoms with Crippen molar-refractivity contribution >= 4 is 11.7 Å². The van der Waals surface area contributed by atoms with Crippen LogP contribution in [0.3, 0.4) is 0 Å². The highest BCUT2D eigenvalue weighted by Crippen LogP contribution is 2.08. The summed E-state index contributed by atoms with van der Waals surface area (Å²) in [5, 5.41) is 14.3. The second kappa shape index (κ2) is 6.30. The van der Waals surface area contributed by atoms with Gasteiger partial charge < -0.3 is 15.7 Å². The summed E-state index contributed by atoms with van der Waals surface area (Å²) in [5.41, 5.74) is 0.0905. The molecule has 1 rings (SSSR count). The lowest BCUT2D eigenvalue weighted by Gasteiger charge is -2.25. The maximum atomic E-state index is 11.7. The van der Waals surface area contributed by atoms with Crippen molar-refractivity contribution in [3.8, 4) is 0 Å². The van der Waals surface area contributed by atoms with Gasteiger partial charge in [0.15, 0.2) is 0 Å². The van der Waals surface area contributed by atoms with Crippen LogP contribution in [0, 0.1) is 0 Å². The van der Waals surface area contributed by atoms with Crippen molar-refractivity contribution in [1.82, 2.24) is 15.3 Å². The molecule has 0 bridgehead atoms. The van der Waals surface area contributed by atoms with Crippen LogP contribution in [0.25, 0.3) is 0 Å². The lowest BCUT2D eigenvalue weighted by Crippen LogP contribution is -2.46. The number of carbonyl (C=O) groups is 1. The highest BCUT2D eigenvalue weighted by atomic mass is 16.3. The number of aliphatic hydroxyl groups is 1. The molecule has 2 amide bonds. The highest BCUT2D eigenvalue weighted by molar-refractivity contribution is 5.89. The van der Waals surface area contributed by atoms with Gasteiger partial charge in [-0.15, -0.1) is 0 Å². The molecule has 0 unspecified atom stereocenters. The van der Waals surface area contributed by atoms with Gasteiger partial charge in [0.05, 0.1) is 18.1 Å². The van der Waals surface area contributed by atoms with Crippen molar-refractivity contribution in [2.75, 3.05) is 11.9 Å². The predicted octanol–water partition coefficient (Wildman–Crippen LogP) is 1.32. The molecular formula is C12H20N4O2. The minimum absolute atomic E-state index is 0.0294. The third-order valence-corrected chi connectivity index (χ3v) is 2.47. The Labute approximate surface area is 107 Å². The third-order valence-electron chi connectivity index (χ3n) is 2.47. The molecule has 0 aliphatic heterocycles. The molecule has 0 spiro atoms. The second-order valence-electron chi connectivity index (χ2n) is 4.68. The Bertz CT molecular complexity index is 390. The van der Waals surface area contributed by atoms with Crippen LogP contribution in [-0.4, -0.2) is 33.3 Å². The topological polar surface area (TPSA) is 87.1 Å². The summed E-state index contributed by atoms with van der Waals surface area (Å²) in [6.45, 7) is 5.69. The van der Waals surface area contributed by atoms with E-state index < -0.39 is 5.54 Å². The Morgan fingerprint density at radius 2 is 2.00 bits per heavy atom. The minimum atomic E-state index is -0.455. The number of aliphatic hydroxyl groups excluding tert-OH is 1. The smallest absolute Gasteiger partial charge is 0.319 e. The average Bonchev–Trinajstić information content (AvgIpc) is 2.28. The summed E-state index contributed by atoms with van der Waals surface area (Å²) >= 11 is 0. The Morgan fingerprint density at radius 1 is 1.39 bits per heavy atom. The number of nitrogens with one attached hydrogen (secondary N) is 2. The normalized spacial score (nSPS) is 11.1. The van der Waals surface area contributed by atoms with E-state index in [4.69, 9.17) is 5.11 Å². The van der Waals surface area contributed by atoms with Crippen LogP contribution in [0.4, 0.5) is 10.5 Å². The van der Waals surface area contributed by atoms with E-state index in [0.717, 1.165) is 12.2 Å².